The zero-order chi connectivity index (χ0) is 30.6. The fourth-order valence-electron chi connectivity index (χ4n) is 4.75. The molecule has 0 saturated carbocycles. The molecule has 3 rings (SSSR count). The number of ether oxygens (including phenoxy) is 3. The number of hydrogen-bond donors (Lipinski definition) is 2. The van der Waals surface area contributed by atoms with Crippen LogP contribution in [0.25, 0.3) is 0 Å². The molecular weight excluding hydrogens is 536 g/mol. The van der Waals surface area contributed by atoms with Crippen molar-refractivity contribution in [3.05, 3.63) is 82.7 Å². The Morgan fingerprint density at radius 3 is 2.17 bits per heavy atom. The molecule has 0 radical (unpaired) electrons. The van der Waals surface area contributed by atoms with Gasteiger partial charge in [-0.15, -0.1) is 0 Å². The minimum atomic E-state index is -0.770. The van der Waals surface area contributed by atoms with Crippen molar-refractivity contribution in [3.63, 3.8) is 0 Å². The van der Waals surface area contributed by atoms with Crippen molar-refractivity contribution >= 4 is 23.6 Å². The highest BCUT2D eigenvalue weighted by atomic mass is 16.5. The number of unbranched alkanes of at least 4 members (excludes halogenated alkanes) is 1. The van der Waals surface area contributed by atoms with E-state index in [1.165, 1.54) is 4.90 Å². The molecule has 1 aromatic heterocycles. The smallest absolute Gasteiger partial charge is 0.407 e. The molecule has 10 heteroatoms. The van der Waals surface area contributed by atoms with Crippen LogP contribution in [0.1, 0.15) is 52.5 Å². The van der Waals surface area contributed by atoms with Gasteiger partial charge in [0.05, 0.1) is 27.4 Å². The van der Waals surface area contributed by atoms with E-state index in [4.69, 9.17) is 14.2 Å². The number of nitrogens with zero attached hydrogens (tertiary/aromatic N) is 2. The number of para-hydroxylation sites is 1. The van der Waals surface area contributed by atoms with Gasteiger partial charge >= 0.3 is 6.09 Å². The maximum absolute atomic E-state index is 13.2. The molecule has 0 fully saturated rings. The third-order valence-electron chi connectivity index (χ3n) is 7.14. The third-order valence-corrected chi connectivity index (χ3v) is 7.14. The number of rotatable bonds is 13. The van der Waals surface area contributed by atoms with Gasteiger partial charge in [-0.1, -0.05) is 24.3 Å². The molecule has 0 saturated heterocycles. The summed E-state index contributed by atoms with van der Waals surface area (Å²) < 4.78 is 16.5. The first-order valence-electron chi connectivity index (χ1n) is 13.9. The Balaban J connectivity index is 1.47. The molecule has 0 spiro atoms. The highest BCUT2D eigenvalue weighted by Gasteiger charge is 2.28. The average molecular weight is 577 g/mol. The van der Waals surface area contributed by atoms with Crippen molar-refractivity contribution in [3.8, 4) is 11.5 Å². The molecule has 2 N–H and O–H groups in total. The first-order valence-corrected chi connectivity index (χ1v) is 13.9. The van der Waals surface area contributed by atoms with Crippen molar-refractivity contribution in [2.45, 2.75) is 53.1 Å². The molecule has 42 heavy (non-hydrogen) atoms. The van der Waals surface area contributed by atoms with Crippen LogP contribution in [0.4, 0.5) is 10.5 Å². The topological polar surface area (TPSA) is 119 Å². The van der Waals surface area contributed by atoms with E-state index >= 15 is 0 Å². The van der Waals surface area contributed by atoms with E-state index in [0.717, 1.165) is 28.0 Å². The number of carbonyl (C=O) groups excluding carboxylic acids is 3. The van der Waals surface area contributed by atoms with E-state index in [1.54, 1.807) is 57.7 Å². The van der Waals surface area contributed by atoms with Gasteiger partial charge in [-0.25, -0.2) is 4.79 Å². The molecule has 1 heterocycles. The van der Waals surface area contributed by atoms with E-state index in [1.807, 2.05) is 39.0 Å². The predicted molar refractivity (Wildman–Crippen MR) is 161 cm³/mol. The Morgan fingerprint density at radius 2 is 1.52 bits per heavy atom. The summed E-state index contributed by atoms with van der Waals surface area (Å²) >= 11 is 0. The number of pyridine rings is 1. The second-order valence-corrected chi connectivity index (χ2v) is 9.81. The quantitative estimate of drug-likeness (QED) is 0.278. The molecule has 1 atom stereocenters. The Morgan fingerprint density at radius 1 is 0.857 bits per heavy atom. The summed E-state index contributed by atoms with van der Waals surface area (Å²) in [5.74, 6) is 0.817. The summed E-state index contributed by atoms with van der Waals surface area (Å²) in [6, 6.07) is 13.3. The number of nitrogens with one attached hydrogen (secondary N) is 2. The van der Waals surface area contributed by atoms with Crippen LogP contribution in [0.2, 0.25) is 0 Å². The van der Waals surface area contributed by atoms with Gasteiger partial charge in [0.1, 0.15) is 23.2 Å². The standard InChI is InChI=1S/C32H40N4O6/c1-21-22(2)29(41-6)26(23(3)28(21)40-5)20-35-32(39)42-19-13-12-18-34-30(37)24(4)36(25-14-8-7-9-15-25)31(38)27-16-10-11-17-33-27/h7-11,14-17,24H,12-13,18-20H2,1-6H3,(H,34,37)(H,35,39). The average Bonchev–Trinajstić information content (AvgIpc) is 3.01. The fourth-order valence-corrected chi connectivity index (χ4v) is 4.75. The second-order valence-electron chi connectivity index (χ2n) is 9.81. The van der Waals surface area contributed by atoms with E-state index in [0.29, 0.717) is 30.8 Å². The molecule has 0 aliphatic carbocycles. The van der Waals surface area contributed by atoms with Crippen molar-refractivity contribution in [1.29, 1.82) is 0 Å². The Kier molecular flexibility index (Phi) is 11.7. The number of amides is 3. The fraction of sp³-hybridized carbons (Fsp3) is 0.375. The van der Waals surface area contributed by atoms with Crippen LogP contribution in [-0.4, -0.2) is 56.3 Å². The maximum Gasteiger partial charge on any atom is 0.407 e. The van der Waals surface area contributed by atoms with Crippen LogP contribution in [-0.2, 0) is 16.1 Å². The first-order chi connectivity index (χ1) is 20.2. The van der Waals surface area contributed by atoms with Crippen molar-refractivity contribution < 1.29 is 28.6 Å². The highest BCUT2D eigenvalue weighted by Crippen LogP contribution is 2.37. The van der Waals surface area contributed by atoms with Gasteiger partial charge in [0.15, 0.2) is 0 Å². The number of alkyl carbamates (subject to hydrolysis) is 1. The molecule has 3 aromatic rings. The number of hydrogen-bond acceptors (Lipinski definition) is 7. The van der Waals surface area contributed by atoms with Gasteiger partial charge in [0, 0.05) is 24.0 Å². The lowest BCUT2D eigenvalue weighted by molar-refractivity contribution is -0.122. The van der Waals surface area contributed by atoms with Crippen LogP contribution >= 0.6 is 0 Å². The second kappa shape index (κ2) is 15.4. The molecule has 10 nitrogen and oxygen atoms in total. The zero-order valence-electron chi connectivity index (χ0n) is 25.2. The van der Waals surface area contributed by atoms with Crippen LogP contribution in [0.5, 0.6) is 11.5 Å². The molecule has 0 aliphatic rings. The summed E-state index contributed by atoms with van der Waals surface area (Å²) in [5, 5.41) is 5.66. The summed E-state index contributed by atoms with van der Waals surface area (Å²) in [5.41, 5.74) is 4.53. The van der Waals surface area contributed by atoms with Gasteiger partial charge in [0.2, 0.25) is 5.91 Å². The van der Waals surface area contributed by atoms with Gasteiger partial charge < -0.3 is 24.8 Å². The number of benzene rings is 2. The Bertz CT molecular complexity index is 1360. The van der Waals surface area contributed by atoms with Crippen molar-refractivity contribution in [2.24, 2.45) is 0 Å². The molecule has 1 unspecified atom stereocenters. The lowest BCUT2D eigenvalue weighted by Crippen LogP contribution is -2.48. The van der Waals surface area contributed by atoms with E-state index in [-0.39, 0.29) is 30.7 Å². The van der Waals surface area contributed by atoms with E-state index in [2.05, 4.69) is 15.6 Å². The van der Waals surface area contributed by atoms with Crippen molar-refractivity contribution in [1.82, 2.24) is 15.6 Å². The van der Waals surface area contributed by atoms with Gasteiger partial charge in [-0.2, -0.15) is 0 Å². The Labute approximate surface area is 247 Å². The Hall–Kier alpha value is -4.60. The lowest BCUT2D eigenvalue weighted by Gasteiger charge is -2.28. The lowest BCUT2D eigenvalue weighted by atomic mass is 9.97. The van der Waals surface area contributed by atoms with E-state index in [9.17, 15) is 14.4 Å². The largest absolute Gasteiger partial charge is 0.496 e. The van der Waals surface area contributed by atoms with Gasteiger partial charge in [0.25, 0.3) is 5.91 Å². The van der Waals surface area contributed by atoms with Crippen LogP contribution in [0.3, 0.4) is 0 Å². The predicted octanol–water partition coefficient (Wildman–Crippen LogP) is 4.88. The summed E-state index contributed by atoms with van der Waals surface area (Å²) in [7, 11) is 3.23. The van der Waals surface area contributed by atoms with Crippen LogP contribution in [0, 0.1) is 20.8 Å². The number of anilines is 1. The molecule has 3 amide bonds. The third kappa shape index (κ3) is 7.78. The minimum Gasteiger partial charge on any atom is -0.496 e. The first kappa shape index (κ1) is 31.9. The number of aromatic nitrogens is 1. The molecule has 2 aromatic carbocycles. The molecular formula is C32H40N4O6. The minimum absolute atomic E-state index is 0.192. The number of methoxy groups -OCH3 is 2. The normalized spacial score (nSPS) is 11.3. The van der Waals surface area contributed by atoms with Crippen molar-refractivity contribution in [2.75, 3.05) is 32.3 Å². The molecule has 224 valence electrons. The van der Waals surface area contributed by atoms with E-state index < -0.39 is 12.1 Å². The zero-order valence-corrected chi connectivity index (χ0v) is 25.2. The summed E-state index contributed by atoms with van der Waals surface area (Å²) in [6.07, 6.45) is 2.14. The number of carbonyl (C=O) groups is 3. The van der Waals surface area contributed by atoms with Crippen LogP contribution in [0.15, 0.2) is 54.7 Å². The summed E-state index contributed by atoms with van der Waals surface area (Å²) in [6.45, 7) is 8.32. The SMILES string of the molecule is COc1c(C)c(C)c(OC)c(CNC(=O)OCCCCNC(=O)C(C)N(C(=O)c2ccccn2)c2ccccc2)c1C. The highest BCUT2D eigenvalue weighted by molar-refractivity contribution is 6.08. The van der Waals surface area contributed by atoms with Crippen LogP contribution < -0.4 is 25.0 Å². The molecule has 0 bridgehead atoms. The van der Waals surface area contributed by atoms with Gasteiger partial charge in [-0.05, 0) is 81.5 Å². The monoisotopic (exact) mass is 576 g/mol. The molecule has 0 aliphatic heterocycles. The summed E-state index contributed by atoms with van der Waals surface area (Å²) in [4.78, 5) is 44.2. The maximum atomic E-state index is 13.2. The van der Waals surface area contributed by atoms with Gasteiger partial charge in [-0.3, -0.25) is 19.5 Å².